The number of aliphatic hydroxyl groups excluding tert-OH is 2. The van der Waals surface area contributed by atoms with Crippen LogP contribution in [0.3, 0.4) is 0 Å². The van der Waals surface area contributed by atoms with Gasteiger partial charge in [-0.15, -0.1) is 0 Å². The maximum atomic E-state index is 13.6. The molecule has 2 amide bonds. The molecule has 3 unspecified atom stereocenters. The Labute approximate surface area is 246 Å². The summed E-state index contributed by atoms with van der Waals surface area (Å²) in [5, 5.41) is 23.4. The van der Waals surface area contributed by atoms with Crippen LogP contribution in [0, 0.1) is 15.3 Å². The van der Waals surface area contributed by atoms with Crippen LogP contribution in [0.15, 0.2) is 48.0 Å². The Hall–Kier alpha value is -3.03. The van der Waals surface area contributed by atoms with Crippen molar-refractivity contribution in [3.63, 3.8) is 0 Å². The number of hydrogen-bond donors (Lipinski definition) is 3. The summed E-state index contributed by atoms with van der Waals surface area (Å²) in [7, 11) is 1.42. The van der Waals surface area contributed by atoms with Crippen LogP contribution in [-0.2, 0) is 16.1 Å². The molecule has 3 N–H and O–H groups in total. The molecule has 0 heterocycles. The van der Waals surface area contributed by atoms with Crippen molar-refractivity contribution in [2.24, 2.45) is 5.92 Å². The number of rotatable bonds is 12. The van der Waals surface area contributed by atoms with Crippen LogP contribution >= 0.6 is 22.6 Å². The largest absolute Gasteiger partial charge is 0.493 e. The van der Waals surface area contributed by atoms with Gasteiger partial charge in [-0.25, -0.2) is 4.39 Å². The first kappa shape index (κ1) is 31.5. The Morgan fingerprint density at radius 2 is 1.95 bits per heavy atom. The average Bonchev–Trinajstić information content (AvgIpc) is 2.92. The van der Waals surface area contributed by atoms with Crippen LogP contribution in [0.5, 0.6) is 11.5 Å². The van der Waals surface area contributed by atoms with E-state index in [2.05, 4.69) is 5.32 Å². The van der Waals surface area contributed by atoms with E-state index >= 15 is 0 Å². The number of benzene rings is 2. The minimum atomic E-state index is -1.25. The molecule has 2 aromatic rings. The Morgan fingerprint density at radius 3 is 2.55 bits per heavy atom. The van der Waals surface area contributed by atoms with Crippen LogP contribution in [0.1, 0.15) is 42.6 Å². The molecule has 0 aliphatic heterocycles. The lowest BCUT2D eigenvalue weighted by molar-refractivity contribution is -0.140. The van der Waals surface area contributed by atoms with Crippen molar-refractivity contribution in [1.82, 2.24) is 10.2 Å². The van der Waals surface area contributed by atoms with E-state index in [1.807, 2.05) is 36.4 Å². The molecule has 0 saturated carbocycles. The third-order valence-electron chi connectivity index (χ3n) is 6.43. The molecule has 0 saturated heterocycles. The van der Waals surface area contributed by atoms with Gasteiger partial charge in [0, 0.05) is 37.1 Å². The Balaban J connectivity index is 2.04. The van der Waals surface area contributed by atoms with E-state index in [0.29, 0.717) is 21.0 Å². The van der Waals surface area contributed by atoms with Crippen LogP contribution in [-0.4, -0.2) is 71.7 Å². The fourth-order valence-corrected chi connectivity index (χ4v) is 5.23. The molecule has 0 bridgehead atoms. The van der Waals surface area contributed by atoms with Crippen molar-refractivity contribution in [2.45, 2.75) is 51.5 Å². The number of aldehydes is 1. The van der Waals surface area contributed by atoms with E-state index in [1.54, 1.807) is 18.2 Å². The minimum Gasteiger partial charge on any atom is -0.493 e. The second kappa shape index (κ2) is 14.6. The topological polar surface area (TPSA) is 125 Å². The van der Waals surface area contributed by atoms with Crippen molar-refractivity contribution in [3.8, 4) is 11.5 Å². The average molecular weight is 669 g/mol. The van der Waals surface area contributed by atoms with E-state index in [0.717, 1.165) is 0 Å². The summed E-state index contributed by atoms with van der Waals surface area (Å²) in [6.45, 7) is 3.66. The molecule has 2 aromatic carbocycles. The van der Waals surface area contributed by atoms with Gasteiger partial charge < -0.3 is 29.9 Å². The zero-order valence-corrected chi connectivity index (χ0v) is 24.8. The summed E-state index contributed by atoms with van der Waals surface area (Å²) >= 11 is 1.99. The number of ether oxygens (including phenoxy) is 2. The third-order valence-corrected chi connectivity index (χ3v) is 7.23. The highest BCUT2D eigenvalue weighted by atomic mass is 127. The van der Waals surface area contributed by atoms with Gasteiger partial charge in [0.1, 0.15) is 24.3 Å². The molecule has 1 aliphatic rings. The molecular formula is C29H34FIN2O7. The molecule has 0 spiro atoms. The zero-order chi connectivity index (χ0) is 29.4. The van der Waals surface area contributed by atoms with E-state index < -0.39 is 30.0 Å². The molecule has 1 aliphatic carbocycles. The molecule has 11 heteroatoms. The molecule has 3 atom stereocenters. The summed E-state index contributed by atoms with van der Waals surface area (Å²) in [6.07, 6.45) is 0.0847. The third kappa shape index (κ3) is 8.01. The number of aliphatic hydroxyl groups is 2. The quantitative estimate of drug-likeness (QED) is 0.234. The Kier molecular flexibility index (Phi) is 11.5. The molecule has 0 radical (unpaired) electrons. The first-order chi connectivity index (χ1) is 19.1. The summed E-state index contributed by atoms with van der Waals surface area (Å²) in [4.78, 5) is 39.4. The van der Waals surface area contributed by atoms with Gasteiger partial charge in [-0.1, -0.05) is 26.0 Å². The van der Waals surface area contributed by atoms with Crippen molar-refractivity contribution in [2.75, 3.05) is 20.3 Å². The fourth-order valence-electron chi connectivity index (χ4n) is 4.48. The van der Waals surface area contributed by atoms with E-state index in [-0.39, 0.29) is 61.4 Å². The van der Waals surface area contributed by atoms with Crippen molar-refractivity contribution < 1.29 is 38.5 Å². The summed E-state index contributed by atoms with van der Waals surface area (Å²) in [5.41, 5.74) is 1.30. The first-order valence-electron chi connectivity index (χ1n) is 12.9. The van der Waals surface area contributed by atoms with Gasteiger partial charge in [0.15, 0.2) is 11.5 Å². The molecule has 3 rings (SSSR count). The van der Waals surface area contributed by atoms with Crippen molar-refractivity contribution in [3.05, 3.63) is 68.6 Å². The van der Waals surface area contributed by atoms with Crippen LogP contribution < -0.4 is 14.8 Å². The Bertz CT molecular complexity index is 1240. The number of halogens is 2. The summed E-state index contributed by atoms with van der Waals surface area (Å²) in [5.74, 6) is -0.548. The summed E-state index contributed by atoms with van der Waals surface area (Å²) in [6, 6.07) is 7.98. The predicted molar refractivity (Wildman–Crippen MR) is 155 cm³/mol. The van der Waals surface area contributed by atoms with E-state index in [9.17, 15) is 29.0 Å². The van der Waals surface area contributed by atoms with Gasteiger partial charge >= 0.3 is 0 Å². The number of nitrogens with one attached hydrogen (secondary N) is 1. The number of carbonyl (C=O) groups is 3. The fraction of sp³-hybridized carbons (Fsp3) is 0.414. The molecule has 9 nitrogen and oxygen atoms in total. The molecule has 0 fully saturated rings. The lowest BCUT2D eigenvalue weighted by atomic mass is 9.87. The standard InChI is InChI=1S/C29H34FIN2O7/c1-17(2)10-26(36)33(15-18-4-6-21(30)7-5-18)23-13-20(29(38)32-8-9-34)14-24(27(23)37)40-28-22(31)11-19(16-35)12-25(28)39-3/h4-7,11-12,14,16-17,23-24,27,34,37H,8-10,13,15H2,1-3H3,(H,32,38). The van der Waals surface area contributed by atoms with Crippen molar-refractivity contribution in [1.29, 1.82) is 0 Å². The predicted octanol–water partition coefficient (Wildman–Crippen LogP) is 3.24. The van der Waals surface area contributed by atoms with Gasteiger partial charge in [0.2, 0.25) is 11.8 Å². The van der Waals surface area contributed by atoms with Crippen LogP contribution in [0.4, 0.5) is 4.39 Å². The van der Waals surface area contributed by atoms with Gasteiger partial charge in [-0.05, 0) is 64.4 Å². The normalized spacial score (nSPS) is 18.6. The number of nitrogens with zero attached hydrogens (tertiary/aromatic N) is 1. The number of amides is 2. The molecule has 40 heavy (non-hydrogen) atoms. The maximum absolute atomic E-state index is 13.6. The smallest absolute Gasteiger partial charge is 0.247 e. The van der Waals surface area contributed by atoms with Crippen LogP contribution in [0.2, 0.25) is 0 Å². The number of methoxy groups -OCH3 is 1. The lowest BCUT2D eigenvalue weighted by Crippen LogP contribution is -2.55. The Morgan fingerprint density at radius 1 is 1.25 bits per heavy atom. The minimum absolute atomic E-state index is 0.0272. The summed E-state index contributed by atoms with van der Waals surface area (Å²) < 4.78 is 25.8. The first-order valence-corrected chi connectivity index (χ1v) is 14.0. The van der Waals surface area contributed by atoms with Gasteiger partial charge in [0.05, 0.1) is 23.3 Å². The number of carbonyl (C=O) groups excluding carboxylic acids is 3. The second-order valence-electron chi connectivity index (χ2n) is 9.91. The highest BCUT2D eigenvalue weighted by molar-refractivity contribution is 14.1. The highest BCUT2D eigenvalue weighted by Crippen LogP contribution is 2.37. The van der Waals surface area contributed by atoms with Gasteiger partial charge in [-0.2, -0.15) is 0 Å². The SMILES string of the molecule is COc1cc(C=O)cc(I)c1OC1C=C(C(=O)NCCO)CC(N(Cc2ccc(F)cc2)C(=O)CC(C)C)C1O. The molecule has 0 aromatic heterocycles. The van der Waals surface area contributed by atoms with Crippen LogP contribution in [0.25, 0.3) is 0 Å². The second-order valence-corrected chi connectivity index (χ2v) is 11.1. The monoisotopic (exact) mass is 668 g/mol. The number of hydrogen-bond acceptors (Lipinski definition) is 7. The van der Waals surface area contributed by atoms with E-state index in [4.69, 9.17) is 9.47 Å². The van der Waals surface area contributed by atoms with E-state index in [1.165, 1.54) is 36.3 Å². The van der Waals surface area contributed by atoms with Gasteiger partial charge in [-0.3, -0.25) is 14.4 Å². The lowest BCUT2D eigenvalue weighted by Gasteiger charge is -2.41. The zero-order valence-electron chi connectivity index (χ0n) is 22.6. The van der Waals surface area contributed by atoms with Crippen molar-refractivity contribution >= 4 is 40.7 Å². The van der Waals surface area contributed by atoms with Gasteiger partial charge in [0.25, 0.3) is 0 Å². The molecule has 216 valence electrons. The molecular weight excluding hydrogens is 634 g/mol. The highest BCUT2D eigenvalue weighted by Gasteiger charge is 2.41. The maximum Gasteiger partial charge on any atom is 0.247 e.